The normalized spacial score (nSPS) is 21.5. The maximum absolute atomic E-state index is 14.4. The van der Waals surface area contributed by atoms with Gasteiger partial charge in [-0.05, 0) is 51.1 Å². The number of aryl methyl sites for hydroxylation is 2. The van der Waals surface area contributed by atoms with Gasteiger partial charge in [-0.1, -0.05) is 13.0 Å². The van der Waals surface area contributed by atoms with Gasteiger partial charge in [-0.3, -0.25) is 4.90 Å². The Hall–Kier alpha value is -0.970. The summed E-state index contributed by atoms with van der Waals surface area (Å²) in [5, 5.41) is 3.26. The monoisotopic (exact) mass is 294 g/mol. The van der Waals surface area contributed by atoms with E-state index in [1.807, 2.05) is 27.0 Å². The molecule has 0 aliphatic carbocycles. The van der Waals surface area contributed by atoms with Crippen molar-refractivity contribution in [3.8, 4) is 0 Å². The van der Waals surface area contributed by atoms with E-state index in [0.29, 0.717) is 0 Å². The van der Waals surface area contributed by atoms with Crippen molar-refractivity contribution in [2.45, 2.75) is 39.3 Å². The minimum absolute atomic E-state index is 0.00814. The molecular weight excluding hydrogens is 267 g/mol. The summed E-state index contributed by atoms with van der Waals surface area (Å²) in [6.07, 6.45) is 1.13. The average Bonchev–Trinajstić information content (AvgIpc) is 2.43. The molecule has 4 heteroatoms. The maximum Gasteiger partial charge on any atom is 0.128 e. The fraction of sp³-hybridized carbons (Fsp3) is 0.647. The molecule has 2 unspecified atom stereocenters. The largest absolute Gasteiger partial charge is 0.374 e. The number of nitrogens with one attached hydrogen (secondary N) is 1. The van der Waals surface area contributed by atoms with Crippen molar-refractivity contribution in [2.75, 3.05) is 33.3 Å². The molecule has 1 N–H and O–H groups in total. The lowest BCUT2D eigenvalue weighted by atomic mass is 9.94. The standard InChI is InChI=1S/C17H27FN2O/c1-5-6-20-7-8-21-15(11-20)17(19-4)16-13(3)9-12(2)10-14(16)18/h9-10,15,17,19H,5-8,11H2,1-4H3. The molecule has 1 aliphatic rings. The Morgan fingerprint density at radius 1 is 1.43 bits per heavy atom. The highest BCUT2D eigenvalue weighted by atomic mass is 19.1. The summed E-state index contributed by atoms with van der Waals surface area (Å²) in [7, 11) is 1.88. The molecule has 3 nitrogen and oxygen atoms in total. The minimum Gasteiger partial charge on any atom is -0.374 e. The highest BCUT2D eigenvalue weighted by molar-refractivity contribution is 5.35. The molecule has 0 radical (unpaired) electrons. The second-order valence-electron chi connectivity index (χ2n) is 5.95. The van der Waals surface area contributed by atoms with Gasteiger partial charge < -0.3 is 10.1 Å². The number of rotatable bonds is 5. The van der Waals surface area contributed by atoms with Crippen LogP contribution in [0.25, 0.3) is 0 Å². The zero-order valence-electron chi connectivity index (χ0n) is 13.6. The van der Waals surface area contributed by atoms with Gasteiger partial charge in [0, 0.05) is 18.7 Å². The van der Waals surface area contributed by atoms with E-state index in [1.165, 1.54) is 0 Å². The molecule has 0 bridgehead atoms. The molecule has 1 saturated heterocycles. The van der Waals surface area contributed by atoms with Crippen LogP contribution in [0.4, 0.5) is 4.39 Å². The highest BCUT2D eigenvalue weighted by Gasteiger charge is 2.30. The fourth-order valence-corrected chi connectivity index (χ4v) is 3.29. The molecular formula is C17H27FN2O. The molecule has 1 aliphatic heterocycles. The van der Waals surface area contributed by atoms with Crippen molar-refractivity contribution in [2.24, 2.45) is 0 Å². The summed E-state index contributed by atoms with van der Waals surface area (Å²) in [4.78, 5) is 2.40. The number of benzene rings is 1. The number of hydrogen-bond donors (Lipinski definition) is 1. The summed E-state index contributed by atoms with van der Waals surface area (Å²) in [6.45, 7) is 9.70. The summed E-state index contributed by atoms with van der Waals surface area (Å²) >= 11 is 0. The van der Waals surface area contributed by atoms with Crippen molar-refractivity contribution < 1.29 is 9.13 Å². The molecule has 0 saturated carbocycles. The first-order chi connectivity index (χ1) is 10.1. The molecule has 118 valence electrons. The second kappa shape index (κ2) is 7.34. The van der Waals surface area contributed by atoms with Crippen LogP contribution >= 0.6 is 0 Å². The Kier molecular flexibility index (Phi) is 5.73. The number of ether oxygens (including phenoxy) is 1. The summed E-state index contributed by atoms with van der Waals surface area (Å²) in [5.74, 6) is -0.136. The van der Waals surface area contributed by atoms with E-state index in [1.54, 1.807) is 6.07 Å². The predicted octanol–water partition coefficient (Wildman–Crippen LogP) is 2.81. The van der Waals surface area contributed by atoms with E-state index in [9.17, 15) is 4.39 Å². The van der Waals surface area contributed by atoms with Gasteiger partial charge in [0.1, 0.15) is 5.82 Å². The second-order valence-corrected chi connectivity index (χ2v) is 5.95. The Morgan fingerprint density at radius 2 is 2.19 bits per heavy atom. The van der Waals surface area contributed by atoms with Crippen LogP contribution in [0.5, 0.6) is 0 Å². The quantitative estimate of drug-likeness (QED) is 0.904. The molecule has 1 heterocycles. The molecule has 1 fully saturated rings. The predicted molar refractivity (Wildman–Crippen MR) is 84.1 cm³/mol. The SMILES string of the molecule is CCCN1CCOC(C(NC)c2c(C)cc(C)cc2F)C1. The van der Waals surface area contributed by atoms with Crippen LogP contribution in [0.2, 0.25) is 0 Å². The van der Waals surface area contributed by atoms with E-state index < -0.39 is 0 Å². The number of halogens is 1. The Morgan fingerprint density at radius 3 is 2.81 bits per heavy atom. The van der Waals surface area contributed by atoms with E-state index in [-0.39, 0.29) is 18.0 Å². The van der Waals surface area contributed by atoms with Crippen LogP contribution in [0, 0.1) is 19.7 Å². The first kappa shape index (κ1) is 16.4. The summed E-state index contributed by atoms with van der Waals surface area (Å²) in [5.41, 5.74) is 2.69. The van der Waals surface area contributed by atoms with Gasteiger partial charge in [0.25, 0.3) is 0 Å². The lowest BCUT2D eigenvalue weighted by molar-refractivity contribution is -0.0465. The van der Waals surface area contributed by atoms with Gasteiger partial charge in [0.15, 0.2) is 0 Å². The number of morpholine rings is 1. The maximum atomic E-state index is 14.4. The third kappa shape index (κ3) is 3.82. The molecule has 1 aromatic rings. The van der Waals surface area contributed by atoms with Crippen molar-refractivity contribution in [1.29, 1.82) is 0 Å². The van der Waals surface area contributed by atoms with E-state index >= 15 is 0 Å². The van der Waals surface area contributed by atoms with Gasteiger partial charge in [-0.25, -0.2) is 4.39 Å². The van der Waals surface area contributed by atoms with Crippen LogP contribution in [0.15, 0.2) is 12.1 Å². The molecule has 0 amide bonds. The van der Waals surface area contributed by atoms with Crippen molar-refractivity contribution >= 4 is 0 Å². The van der Waals surface area contributed by atoms with Gasteiger partial charge in [-0.2, -0.15) is 0 Å². The van der Waals surface area contributed by atoms with Gasteiger partial charge in [-0.15, -0.1) is 0 Å². The molecule has 1 aromatic carbocycles. The van der Waals surface area contributed by atoms with Crippen LogP contribution < -0.4 is 5.32 Å². The van der Waals surface area contributed by atoms with Crippen molar-refractivity contribution in [1.82, 2.24) is 10.2 Å². The zero-order valence-corrected chi connectivity index (χ0v) is 13.6. The average molecular weight is 294 g/mol. The minimum atomic E-state index is -0.136. The van der Waals surface area contributed by atoms with E-state index in [0.717, 1.165) is 49.4 Å². The number of nitrogens with zero attached hydrogens (tertiary/aromatic N) is 1. The van der Waals surface area contributed by atoms with E-state index in [2.05, 4.69) is 17.1 Å². The number of hydrogen-bond acceptors (Lipinski definition) is 3. The summed E-state index contributed by atoms with van der Waals surface area (Å²) in [6, 6.07) is 3.54. The summed E-state index contributed by atoms with van der Waals surface area (Å²) < 4.78 is 20.4. The van der Waals surface area contributed by atoms with Crippen LogP contribution in [-0.2, 0) is 4.74 Å². The zero-order chi connectivity index (χ0) is 15.4. The van der Waals surface area contributed by atoms with Crippen molar-refractivity contribution in [3.63, 3.8) is 0 Å². The van der Waals surface area contributed by atoms with Gasteiger partial charge in [0.2, 0.25) is 0 Å². The van der Waals surface area contributed by atoms with E-state index in [4.69, 9.17) is 4.74 Å². The van der Waals surface area contributed by atoms with Crippen molar-refractivity contribution in [3.05, 3.63) is 34.6 Å². The lowest BCUT2D eigenvalue weighted by Crippen LogP contribution is -2.48. The molecule has 0 spiro atoms. The molecule has 2 rings (SSSR count). The smallest absolute Gasteiger partial charge is 0.128 e. The molecule has 2 atom stereocenters. The third-order valence-corrected chi connectivity index (χ3v) is 4.19. The Bertz CT molecular complexity index is 453. The Balaban J connectivity index is 2.23. The van der Waals surface area contributed by atoms with Gasteiger partial charge in [0.05, 0.1) is 18.8 Å². The number of likely N-dealkylation sites (N-methyl/N-ethyl adjacent to an activating group) is 1. The lowest BCUT2D eigenvalue weighted by Gasteiger charge is -2.37. The third-order valence-electron chi connectivity index (χ3n) is 4.19. The highest BCUT2D eigenvalue weighted by Crippen LogP contribution is 2.28. The van der Waals surface area contributed by atoms with Gasteiger partial charge >= 0.3 is 0 Å². The Labute approximate surface area is 127 Å². The first-order valence-corrected chi connectivity index (χ1v) is 7.84. The topological polar surface area (TPSA) is 24.5 Å². The fourth-order valence-electron chi connectivity index (χ4n) is 3.29. The van der Waals surface area contributed by atoms with Crippen LogP contribution in [-0.4, -0.2) is 44.3 Å². The first-order valence-electron chi connectivity index (χ1n) is 7.84. The van der Waals surface area contributed by atoms with Crippen LogP contribution in [0.3, 0.4) is 0 Å². The molecule has 0 aromatic heterocycles. The molecule has 21 heavy (non-hydrogen) atoms. The van der Waals surface area contributed by atoms with Crippen LogP contribution in [0.1, 0.15) is 36.1 Å².